The van der Waals surface area contributed by atoms with E-state index in [-0.39, 0.29) is 51.9 Å². The summed E-state index contributed by atoms with van der Waals surface area (Å²) < 4.78 is 114. The lowest BCUT2D eigenvalue weighted by molar-refractivity contribution is -0.0759. The number of hydrogen-bond donors (Lipinski definition) is 12. The van der Waals surface area contributed by atoms with Gasteiger partial charge in [-0.1, -0.05) is 0 Å². The van der Waals surface area contributed by atoms with Gasteiger partial charge in [-0.05, 0) is 6.72 Å². The number of methoxy groups -OCH3 is 2. The van der Waals surface area contributed by atoms with Gasteiger partial charge in [-0.25, -0.2) is 33.2 Å². The Morgan fingerprint density at radius 1 is 0.797 bits per heavy atom. The monoisotopic (exact) mass is 1320 g/mol. The van der Waals surface area contributed by atoms with Gasteiger partial charge in [0.15, 0.2) is 47.5 Å². The summed E-state index contributed by atoms with van der Waals surface area (Å²) in [6, 6.07) is 0. The molecule has 0 saturated carbocycles. The van der Waals surface area contributed by atoms with Crippen LogP contribution in [0.15, 0.2) is 27.2 Å². The van der Waals surface area contributed by atoms with Gasteiger partial charge in [0.2, 0.25) is 11.9 Å². The summed E-state index contributed by atoms with van der Waals surface area (Å²) in [5.74, 6) is -1.03. The van der Waals surface area contributed by atoms with E-state index in [1.807, 2.05) is 0 Å². The first-order valence-electron chi connectivity index (χ1n) is 22.4. The van der Waals surface area contributed by atoms with E-state index in [0.29, 0.717) is 0 Å². The van der Waals surface area contributed by atoms with Crippen LogP contribution in [0.1, 0.15) is 12.6 Å². The van der Waals surface area contributed by atoms with Gasteiger partial charge in [0.1, 0.15) is 60.3 Å². The molecule has 0 radical (unpaired) electrons. The van der Waals surface area contributed by atoms with Crippen molar-refractivity contribution >= 4 is 113 Å². The first kappa shape index (κ1) is 62.3. The van der Waals surface area contributed by atoms with E-state index in [2.05, 4.69) is 55.2 Å². The van der Waals surface area contributed by atoms with Crippen LogP contribution in [0.25, 0.3) is 11.2 Å². The number of nitrogens with one attached hydrogen (secondary N) is 2. The number of likely N-dealkylation sites (N-methyl/N-ethyl adjacent to an activating group) is 1. The Labute approximate surface area is 457 Å². The summed E-state index contributed by atoms with van der Waals surface area (Å²) in [7, 11) is -16.9. The molecule has 0 spiro atoms. The van der Waals surface area contributed by atoms with E-state index < -0.39 is 142 Å². The second-order valence-corrected chi connectivity index (χ2v) is 24.3. The summed E-state index contributed by atoms with van der Waals surface area (Å²) in [6.07, 6.45) is -17.6. The topological polar surface area (TPSA) is 547 Å². The van der Waals surface area contributed by atoms with Crippen LogP contribution in [-0.4, -0.2) is 204 Å². The predicted molar refractivity (Wildman–Crippen MR) is 276 cm³/mol. The van der Waals surface area contributed by atoms with Gasteiger partial charge in [0, 0.05) is 41.8 Å². The highest BCUT2D eigenvalue weighted by molar-refractivity contribution is 14.1. The van der Waals surface area contributed by atoms with Crippen LogP contribution in [0.4, 0.5) is 40.7 Å². The number of nitrogen functional groups attached to an aromatic ring is 3. The number of aliphatic hydroxyl groups excluding tert-OH is 3. The number of rotatable bonds is 23. The number of nitrogens with zero attached hydrogens (tertiary/aromatic N) is 10. The number of halogens is 1. The molecule has 0 aromatic carbocycles. The van der Waals surface area contributed by atoms with Crippen molar-refractivity contribution in [3.63, 3.8) is 0 Å². The van der Waals surface area contributed by atoms with Gasteiger partial charge >= 0.3 is 31.3 Å². The molecule has 0 bridgehead atoms. The fourth-order valence-corrected chi connectivity index (χ4v) is 13.8. The largest absolute Gasteiger partial charge is 0.490 e. The molecule has 3 aliphatic rings. The molecule has 44 heteroatoms. The smallest absolute Gasteiger partial charge is 0.387 e. The van der Waals surface area contributed by atoms with Gasteiger partial charge in [0.25, 0.3) is 11.1 Å². The highest BCUT2D eigenvalue weighted by Crippen LogP contribution is 2.68. The highest BCUT2D eigenvalue weighted by Gasteiger charge is 2.53. The molecule has 15 N–H and O–H groups in total. The van der Waals surface area contributed by atoms with Crippen LogP contribution in [0, 0.1) is 0 Å². The molecule has 0 amide bonds. The van der Waals surface area contributed by atoms with Crippen LogP contribution in [0.3, 0.4) is 0 Å². The Bertz CT molecular complexity index is 3180. The van der Waals surface area contributed by atoms with Crippen LogP contribution < -0.4 is 41.2 Å². The number of phosphoric ester groups is 3. The summed E-state index contributed by atoms with van der Waals surface area (Å²) in [5, 5.41) is 33.1. The maximum absolute atomic E-state index is 13.7. The van der Waals surface area contributed by atoms with Crippen molar-refractivity contribution in [1.82, 2.24) is 39.5 Å². The van der Waals surface area contributed by atoms with E-state index in [4.69, 9.17) is 59.0 Å². The Hall–Kier alpha value is -4.29. The quantitative estimate of drug-likeness (QED) is 0.0163. The molecule has 4 aromatic heterocycles. The SMILES string of the molecule is C=Nc1c(N(C)[C@@H]2O[C@H](COP(=O)(O)O[C@H]3C(COP(=O)(O)OP(=O)(O)OP(=O)(O)OC4CO[C@@H](N(I)c5nc(N)[nH]c(=O)c5N(C)C)C(O)C(OC)C4)O[C@@H](n4cnc5c(N)ncnc54)C3OC)C(O)C2O)nc(N)[nH]c1=O. The third-order valence-corrected chi connectivity index (χ3v) is 18.1. The van der Waals surface area contributed by atoms with Crippen molar-refractivity contribution in [2.75, 3.05) is 85.3 Å². The minimum atomic E-state index is -6.21. The minimum Gasteiger partial charge on any atom is -0.387 e. The van der Waals surface area contributed by atoms with Gasteiger partial charge in [-0.15, -0.1) is 0 Å². The Morgan fingerprint density at radius 3 is 2.08 bits per heavy atom. The molecule has 7 heterocycles. The number of hydrogen-bond acceptors (Lipinski definition) is 32. The molecule has 79 heavy (non-hydrogen) atoms. The Morgan fingerprint density at radius 2 is 1.43 bits per heavy atom. The van der Waals surface area contributed by atoms with Crippen molar-refractivity contribution in [1.29, 1.82) is 0 Å². The summed E-state index contributed by atoms with van der Waals surface area (Å²) >= 11 is 1.68. The minimum absolute atomic E-state index is 0.00595. The zero-order valence-corrected chi connectivity index (χ0v) is 47.3. The first-order valence-corrected chi connectivity index (χ1v) is 29.3. The number of phosphoric acid groups is 4. The van der Waals surface area contributed by atoms with E-state index in [1.54, 1.807) is 22.9 Å². The number of fused-ring (bicyclic) bond motifs is 1. The number of aliphatic hydroxyl groups is 3. The highest BCUT2D eigenvalue weighted by atomic mass is 127. The molecule has 0 aliphatic carbocycles. The molecule has 3 fully saturated rings. The molecule has 16 atom stereocenters. The Kier molecular flexibility index (Phi) is 19.5. The standard InChI is InChI=1S/C35H54IN15O24P4/c1-40-18-27(44-34(38)46-29(18)55)49(4)31-22(54)20(52)15(70-31)9-68-76(57,58)73-23-16(71-33(24(23)66-6)50-12-43-17-25(37)41-11-42-26(17)50)10-69-77(59,60)74-79(63,64)75-78(61,62)72-13-7-14(65-5)21(53)32(67-8-13)51(36)28-19(48(2)3)30(56)47-35(39)45-28/h11-16,20-24,31-33,52-54H,1,7-10H2,2-6H3,(H,57,58)(H,59,60)(H,61,62)(H,63,64)(H2,37,41,42)(H3,38,44,46,55)(H3,39,45,47,56)/t13?,14?,15-,16?,20?,21?,22?,23+,24?,31-,32-,33-/m1/s1. The van der Waals surface area contributed by atoms with Crippen molar-refractivity contribution < 1.29 is 104 Å². The average molecular weight is 1320 g/mol. The van der Waals surface area contributed by atoms with Crippen LogP contribution in [0.5, 0.6) is 0 Å². The fourth-order valence-electron chi connectivity index (χ4n) is 8.30. The molecule has 11 unspecified atom stereocenters. The fraction of sp³-hybridized carbons (Fsp3) is 0.600. The van der Waals surface area contributed by atoms with Gasteiger partial charge < -0.3 is 85.6 Å². The molecular formula is C35H54IN15O24P4. The number of anilines is 6. The number of H-pyrrole nitrogens is 2. The lowest BCUT2D eigenvalue weighted by Gasteiger charge is -2.33. The Balaban J connectivity index is 1.03. The molecule has 4 aromatic rings. The van der Waals surface area contributed by atoms with Crippen molar-refractivity contribution in [2.24, 2.45) is 4.99 Å². The van der Waals surface area contributed by atoms with Crippen molar-refractivity contribution in [3.05, 3.63) is 33.4 Å². The maximum Gasteiger partial charge on any atom is 0.490 e. The van der Waals surface area contributed by atoms with Gasteiger partial charge in [-0.2, -0.15) is 18.6 Å². The average Bonchev–Trinajstić information content (AvgIpc) is 4.10. The predicted octanol–water partition coefficient (Wildman–Crippen LogP) is -2.15. The van der Waals surface area contributed by atoms with E-state index in [0.717, 1.165) is 31.8 Å². The molecular weight excluding hydrogens is 1270 g/mol. The number of aliphatic imine (C=N–C) groups is 1. The van der Waals surface area contributed by atoms with Gasteiger partial charge in [0.05, 0.1) is 61.2 Å². The zero-order chi connectivity index (χ0) is 58.3. The molecule has 3 aliphatic heterocycles. The number of nitrogens with two attached hydrogens (primary N) is 3. The number of aromatic amines is 2. The molecule has 7 rings (SSSR count). The lowest BCUT2D eigenvalue weighted by Crippen LogP contribution is -2.46. The zero-order valence-electron chi connectivity index (χ0n) is 41.6. The van der Waals surface area contributed by atoms with Crippen LogP contribution in [-0.2, 0) is 68.7 Å². The molecule has 3 saturated heterocycles. The molecule has 39 nitrogen and oxygen atoms in total. The first-order chi connectivity index (χ1) is 36.9. The van der Waals surface area contributed by atoms with E-state index >= 15 is 0 Å². The van der Waals surface area contributed by atoms with Crippen molar-refractivity contribution in [2.45, 2.75) is 80.0 Å². The van der Waals surface area contributed by atoms with Gasteiger partial charge in [-0.3, -0.25) is 50.3 Å². The van der Waals surface area contributed by atoms with Crippen molar-refractivity contribution in [3.8, 4) is 0 Å². The lowest BCUT2D eigenvalue weighted by atomic mass is 10.1. The second kappa shape index (κ2) is 24.7. The van der Waals surface area contributed by atoms with E-state index in [1.165, 1.54) is 33.7 Å². The van der Waals surface area contributed by atoms with E-state index in [9.17, 15) is 62.7 Å². The number of aromatic nitrogens is 8. The maximum atomic E-state index is 13.7. The number of imidazole rings is 1. The van der Waals surface area contributed by atoms with Crippen LogP contribution in [0.2, 0.25) is 0 Å². The van der Waals surface area contributed by atoms with Crippen LogP contribution >= 0.6 is 54.2 Å². The number of ether oxygens (including phenoxy) is 5. The summed E-state index contributed by atoms with van der Waals surface area (Å²) in [4.78, 5) is 99.1. The molecule has 440 valence electrons. The third kappa shape index (κ3) is 14.1. The third-order valence-electron chi connectivity index (χ3n) is 11.8. The summed E-state index contributed by atoms with van der Waals surface area (Å²) in [6.45, 7) is 0.400. The summed E-state index contributed by atoms with van der Waals surface area (Å²) in [5.41, 5.74) is 15.7. The second-order valence-electron chi connectivity index (χ2n) is 17.3. The normalized spacial score (nSPS) is 29.5.